The number of carbonyl (C=O) groups excluding carboxylic acids is 1. The van der Waals surface area contributed by atoms with Crippen molar-refractivity contribution in [2.75, 3.05) is 0 Å². The number of benzene rings is 1. The number of para-hydroxylation sites is 1. The van der Waals surface area contributed by atoms with Crippen LogP contribution in [0.5, 0.6) is 5.75 Å². The lowest BCUT2D eigenvalue weighted by molar-refractivity contribution is 0.197. The minimum atomic E-state index is -0.542. The van der Waals surface area contributed by atoms with Crippen molar-refractivity contribution in [3.05, 3.63) is 30.3 Å². The summed E-state index contributed by atoms with van der Waals surface area (Å²) in [5, 5.41) is 9.65. The smallest absolute Gasteiger partial charge is 0.410 e. The quantitative estimate of drug-likeness (QED) is 0.531. The summed E-state index contributed by atoms with van der Waals surface area (Å²) in [5.74, 6) is 0.516. The fourth-order valence-electron chi connectivity index (χ4n) is 1.21. The molecule has 1 amide bonds. The highest BCUT2D eigenvalue weighted by molar-refractivity contribution is 5.78. The van der Waals surface area contributed by atoms with Crippen LogP contribution in [-0.4, -0.2) is 18.0 Å². The second kappa shape index (κ2) is 5.75. The predicted molar refractivity (Wildman–Crippen MR) is 61.6 cm³/mol. The molecule has 0 fully saturated rings. The Hall–Kier alpha value is -2.04. The normalized spacial score (nSPS) is 11.6. The van der Waals surface area contributed by atoms with Crippen LogP contribution in [0.15, 0.2) is 30.3 Å². The Morgan fingerprint density at radius 2 is 2.12 bits per heavy atom. The standard InChI is InChI=1S/C11H15N3O2/c1-8(7-10(12)13)14-11(15)16-9-5-3-2-4-6-9/h2-6,8H,7H2,1H3,(H3,12,13)(H,14,15). The van der Waals surface area contributed by atoms with E-state index in [4.69, 9.17) is 15.9 Å². The van der Waals surface area contributed by atoms with Gasteiger partial charge >= 0.3 is 6.09 Å². The Morgan fingerprint density at radius 1 is 1.50 bits per heavy atom. The van der Waals surface area contributed by atoms with E-state index < -0.39 is 6.09 Å². The molecule has 86 valence electrons. The summed E-state index contributed by atoms with van der Waals surface area (Å²) in [5.41, 5.74) is 5.21. The van der Waals surface area contributed by atoms with Crippen molar-refractivity contribution >= 4 is 11.9 Å². The second-order valence-electron chi connectivity index (χ2n) is 3.48. The first kappa shape index (κ1) is 12.0. The maximum Gasteiger partial charge on any atom is 0.412 e. The summed E-state index contributed by atoms with van der Waals surface area (Å²) >= 11 is 0. The van der Waals surface area contributed by atoms with Crippen molar-refractivity contribution in [3.63, 3.8) is 0 Å². The number of nitrogens with one attached hydrogen (secondary N) is 2. The van der Waals surface area contributed by atoms with Gasteiger partial charge in [0.25, 0.3) is 0 Å². The maximum atomic E-state index is 11.4. The van der Waals surface area contributed by atoms with Gasteiger partial charge in [0.15, 0.2) is 0 Å². The third-order valence-corrected chi connectivity index (χ3v) is 1.84. The van der Waals surface area contributed by atoms with Crippen molar-refractivity contribution in [1.82, 2.24) is 5.32 Å². The molecule has 1 aromatic rings. The molecule has 0 aromatic heterocycles. The SMILES string of the molecule is CC(CC(=N)N)NC(=O)Oc1ccccc1. The van der Waals surface area contributed by atoms with Crippen LogP contribution in [0.4, 0.5) is 4.79 Å². The average molecular weight is 221 g/mol. The van der Waals surface area contributed by atoms with Crippen LogP contribution in [0.1, 0.15) is 13.3 Å². The van der Waals surface area contributed by atoms with Crippen molar-refractivity contribution in [2.45, 2.75) is 19.4 Å². The Bertz CT molecular complexity index is 365. The number of rotatable bonds is 4. The first-order valence-electron chi connectivity index (χ1n) is 4.94. The van der Waals surface area contributed by atoms with Crippen LogP contribution in [0.3, 0.4) is 0 Å². The third kappa shape index (κ3) is 4.45. The van der Waals surface area contributed by atoms with Gasteiger partial charge in [-0.15, -0.1) is 0 Å². The summed E-state index contributed by atoms with van der Waals surface area (Å²) < 4.78 is 5.01. The van der Waals surface area contributed by atoms with Gasteiger partial charge in [-0.05, 0) is 19.1 Å². The molecule has 1 unspecified atom stereocenters. The Labute approximate surface area is 94.1 Å². The van der Waals surface area contributed by atoms with Crippen molar-refractivity contribution in [1.29, 1.82) is 5.41 Å². The molecule has 1 rings (SSSR count). The summed E-state index contributed by atoms with van der Waals surface area (Å²) in [6, 6.07) is 8.56. The van der Waals surface area contributed by atoms with E-state index in [1.165, 1.54) is 0 Å². The average Bonchev–Trinajstić information content (AvgIpc) is 2.17. The number of amides is 1. The number of amidine groups is 1. The van der Waals surface area contributed by atoms with Crippen LogP contribution in [-0.2, 0) is 0 Å². The largest absolute Gasteiger partial charge is 0.412 e. The molecule has 0 aliphatic carbocycles. The van der Waals surface area contributed by atoms with E-state index in [2.05, 4.69) is 5.32 Å². The first-order chi connectivity index (χ1) is 7.58. The van der Waals surface area contributed by atoms with Gasteiger partial charge in [-0.3, -0.25) is 5.41 Å². The van der Waals surface area contributed by atoms with Gasteiger partial charge < -0.3 is 15.8 Å². The lowest BCUT2D eigenvalue weighted by atomic mass is 10.2. The predicted octanol–water partition coefficient (Wildman–Crippen LogP) is 1.49. The van der Waals surface area contributed by atoms with E-state index in [0.29, 0.717) is 12.2 Å². The second-order valence-corrected chi connectivity index (χ2v) is 3.48. The zero-order chi connectivity index (χ0) is 12.0. The molecule has 16 heavy (non-hydrogen) atoms. The summed E-state index contributed by atoms with van der Waals surface area (Å²) in [6.45, 7) is 1.76. The molecule has 0 spiro atoms. The van der Waals surface area contributed by atoms with Gasteiger partial charge in [0, 0.05) is 12.5 Å². The molecule has 5 nitrogen and oxygen atoms in total. The lowest BCUT2D eigenvalue weighted by Gasteiger charge is -2.12. The van der Waals surface area contributed by atoms with Crippen molar-refractivity contribution in [2.24, 2.45) is 5.73 Å². The van der Waals surface area contributed by atoms with Crippen LogP contribution in [0, 0.1) is 5.41 Å². The first-order valence-corrected chi connectivity index (χ1v) is 4.94. The molecule has 0 radical (unpaired) electrons. The molecule has 0 saturated carbocycles. The van der Waals surface area contributed by atoms with E-state index in [1.807, 2.05) is 6.07 Å². The number of carbonyl (C=O) groups is 1. The number of ether oxygens (including phenoxy) is 1. The van der Waals surface area contributed by atoms with Crippen LogP contribution < -0.4 is 15.8 Å². The summed E-state index contributed by atoms with van der Waals surface area (Å²) in [4.78, 5) is 11.4. The zero-order valence-electron chi connectivity index (χ0n) is 9.07. The maximum absolute atomic E-state index is 11.4. The molecule has 0 saturated heterocycles. The Balaban J connectivity index is 2.39. The molecule has 0 bridgehead atoms. The Kier molecular flexibility index (Phi) is 4.32. The van der Waals surface area contributed by atoms with Gasteiger partial charge in [-0.2, -0.15) is 0 Å². The molecule has 4 N–H and O–H groups in total. The van der Waals surface area contributed by atoms with E-state index in [9.17, 15) is 4.79 Å². The van der Waals surface area contributed by atoms with Crippen molar-refractivity contribution in [3.8, 4) is 5.75 Å². The molecular formula is C11H15N3O2. The van der Waals surface area contributed by atoms with E-state index in [0.717, 1.165) is 0 Å². The summed E-state index contributed by atoms with van der Waals surface area (Å²) in [7, 11) is 0. The zero-order valence-corrected chi connectivity index (χ0v) is 9.07. The van der Waals surface area contributed by atoms with Crippen LogP contribution in [0.2, 0.25) is 0 Å². The van der Waals surface area contributed by atoms with Crippen LogP contribution >= 0.6 is 0 Å². The highest BCUT2D eigenvalue weighted by Crippen LogP contribution is 2.08. The molecule has 5 heteroatoms. The van der Waals surface area contributed by atoms with Gasteiger partial charge in [0.2, 0.25) is 0 Å². The fourth-order valence-corrected chi connectivity index (χ4v) is 1.21. The molecule has 1 aromatic carbocycles. The number of hydrogen-bond donors (Lipinski definition) is 3. The third-order valence-electron chi connectivity index (χ3n) is 1.84. The minimum absolute atomic E-state index is 0.0347. The monoisotopic (exact) mass is 221 g/mol. The van der Waals surface area contributed by atoms with Gasteiger partial charge in [-0.25, -0.2) is 4.79 Å². The fraction of sp³-hybridized carbons (Fsp3) is 0.273. The number of hydrogen-bond acceptors (Lipinski definition) is 3. The molecule has 0 aliphatic heterocycles. The van der Waals surface area contributed by atoms with Crippen LogP contribution in [0.25, 0.3) is 0 Å². The summed E-state index contributed by atoms with van der Waals surface area (Å²) in [6.07, 6.45) is -0.232. The topological polar surface area (TPSA) is 88.2 Å². The molecule has 1 atom stereocenters. The van der Waals surface area contributed by atoms with Gasteiger partial charge in [0.1, 0.15) is 5.75 Å². The minimum Gasteiger partial charge on any atom is -0.410 e. The molecular weight excluding hydrogens is 206 g/mol. The number of nitrogens with two attached hydrogens (primary N) is 1. The lowest BCUT2D eigenvalue weighted by Crippen LogP contribution is -2.37. The Morgan fingerprint density at radius 3 is 2.69 bits per heavy atom. The molecule has 0 aliphatic rings. The highest BCUT2D eigenvalue weighted by atomic mass is 16.6. The van der Waals surface area contributed by atoms with Crippen molar-refractivity contribution < 1.29 is 9.53 Å². The van der Waals surface area contributed by atoms with E-state index in [-0.39, 0.29) is 11.9 Å². The van der Waals surface area contributed by atoms with E-state index >= 15 is 0 Å². The molecule has 0 heterocycles. The van der Waals surface area contributed by atoms with Gasteiger partial charge in [0.05, 0.1) is 5.84 Å². The van der Waals surface area contributed by atoms with E-state index in [1.54, 1.807) is 31.2 Å². The van der Waals surface area contributed by atoms with Gasteiger partial charge in [-0.1, -0.05) is 18.2 Å². The highest BCUT2D eigenvalue weighted by Gasteiger charge is 2.09.